The number of carbonyl (C=O) groups excluding carboxylic acids is 2. The molecule has 0 aliphatic carbocycles. The fourth-order valence-electron chi connectivity index (χ4n) is 4.85. The average molecular weight is 427 g/mol. The average Bonchev–Trinajstić information content (AvgIpc) is 3.29. The van der Waals surface area contributed by atoms with Crippen LogP contribution in [0, 0.1) is 23.5 Å². The summed E-state index contributed by atoms with van der Waals surface area (Å²) in [5.74, 6) is -0.178. The molecule has 164 valence electrons. The molecule has 0 saturated carbocycles. The molecule has 0 bridgehead atoms. The van der Waals surface area contributed by atoms with E-state index in [9.17, 15) is 18.4 Å². The molecule has 1 N–H and O–H groups in total. The van der Waals surface area contributed by atoms with Crippen LogP contribution in [0.1, 0.15) is 35.3 Å². The zero-order valence-electron chi connectivity index (χ0n) is 17.6. The number of nitrogens with one attached hydrogen (secondary N) is 1. The molecule has 2 fully saturated rings. The summed E-state index contributed by atoms with van der Waals surface area (Å²) in [7, 11) is 0. The van der Waals surface area contributed by atoms with Crippen LogP contribution in [0.3, 0.4) is 0 Å². The third kappa shape index (κ3) is 5.10. The maximum absolute atomic E-state index is 13.6. The van der Waals surface area contributed by atoms with Crippen molar-refractivity contribution in [3.8, 4) is 0 Å². The Bertz CT molecular complexity index is 953. The Morgan fingerprint density at radius 2 is 1.65 bits per heavy atom. The van der Waals surface area contributed by atoms with E-state index in [4.69, 9.17) is 0 Å². The lowest BCUT2D eigenvalue weighted by Gasteiger charge is -2.24. The summed E-state index contributed by atoms with van der Waals surface area (Å²) in [6.45, 7) is 5.37. The van der Waals surface area contributed by atoms with Gasteiger partial charge in [0.05, 0.1) is 6.04 Å². The molecular weight excluding hydrogens is 400 g/mol. The lowest BCUT2D eigenvalue weighted by molar-refractivity contribution is -0.119. The highest BCUT2D eigenvalue weighted by Crippen LogP contribution is 2.32. The van der Waals surface area contributed by atoms with Gasteiger partial charge >= 0.3 is 0 Å². The van der Waals surface area contributed by atoms with Gasteiger partial charge in [0, 0.05) is 45.2 Å². The minimum absolute atomic E-state index is 0.114. The molecule has 2 amide bonds. The zero-order chi connectivity index (χ0) is 22.0. The Kier molecular flexibility index (Phi) is 6.32. The number of benzene rings is 2. The minimum Gasteiger partial charge on any atom is -0.349 e. The molecule has 3 atom stereocenters. The normalized spacial score (nSPS) is 21.7. The number of hydrogen-bond acceptors (Lipinski definition) is 3. The van der Waals surface area contributed by atoms with Crippen LogP contribution in [0.15, 0.2) is 48.5 Å². The molecule has 4 rings (SSSR count). The Balaban J connectivity index is 1.32. The third-order valence-corrected chi connectivity index (χ3v) is 6.28. The fraction of sp³-hybridized carbons (Fsp3) is 0.417. The molecule has 0 spiro atoms. The number of amides is 2. The van der Waals surface area contributed by atoms with Gasteiger partial charge in [-0.05, 0) is 54.2 Å². The van der Waals surface area contributed by atoms with Gasteiger partial charge in [-0.25, -0.2) is 8.78 Å². The van der Waals surface area contributed by atoms with Crippen LogP contribution >= 0.6 is 0 Å². The van der Waals surface area contributed by atoms with Crippen molar-refractivity contribution in [3.63, 3.8) is 0 Å². The lowest BCUT2D eigenvalue weighted by atomic mass is 10.0. The molecular formula is C24H27F2N3O2. The van der Waals surface area contributed by atoms with Crippen LogP contribution in [0.2, 0.25) is 0 Å². The maximum atomic E-state index is 13.6. The lowest BCUT2D eigenvalue weighted by Crippen LogP contribution is -2.35. The molecule has 2 aliphatic rings. The second-order valence-corrected chi connectivity index (χ2v) is 8.60. The molecule has 2 aromatic carbocycles. The van der Waals surface area contributed by atoms with Crippen LogP contribution in [0.4, 0.5) is 8.78 Å². The first-order valence-electron chi connectivity index (χ1n) is 10.7. The summed E-state index contributed by atoms with van der Waals surface area (Å²) < 4.78 is 27.1. The van der Waals surface area contributed by atoms with Crippen LogP contribution in [-0.2, 0) is 4.79 Å². The van der Waals surface area contributed by atoms with E-state index in [1.165, 1.54) is 31.2 Å². The summed E-state index contributed by atoms with van der Waals surface area (Å²) in [5.41, 5.74) is 1.16. The van der Waals surface area contributed by atoms with Gasteiger partial charge < -0.3 is 15.1 Å². The number of likely N-dealkylation sites (tertiary alicyclic amines) is 2. The number of carbonyl (C=O) groups is 2. The predicted molar refractivity (Wildman–Crippen MR) is 113 cm³/mol. The van der Waals surface area contributed by atoms with Crippen molar-refractivity contribution in [1.29, 1.82) is 0 Å². The Morgan fingerprint density at radius 3 is 2.26 bits per heavy atom. The van der Waals surface area contributed by atoms with Crippen molar-refractivity contribution in [3.05, 3.63) is 71.3 Å². The van der Waals surface area contributed by atoms with Crippen LogP contribution in [0.5, 0.6) is 0 Å². The molecule has 7 heteroatoms. The van der Waals surface area contributed by atoms with Gasteiger partial charge in [-0.3, -0.25) is 9.59 Å². The van der Waals surface area contributed by atoms with Crippen molar-refractivity contribution < 1.29 is 18.4 Å². The second-order valence-electron chi connectivity index (χ2n) is 8.60. The highest BCUT2D eigenvalue weighted by Gasteiger charge is 2.41. The van der Waals surface area contributed by atoms with Crippen molar-refractivity contribution in [2.75, 3.05) is 32.7 Å². The SMILES string of the molecule is CC(=O)N[C@@H](CCN1C[C@@H]2CN(C(=O)c3cccc(F)c3)C[C@@H]2C1)c1cccc(F)c1. The monoisotopic (exact) mass is 427 g/mol. The van der Waals surface area contributed by atoms with Crippen molar-refractivity contribution in [2.24, 2.45) is 11.8 Å². The smallest absolute Gasteiger partial charge is 0.253 e. The molecule has 2 aliphatic heterocycles. The van der Waals surface area contributed by atoms with Crippen molar-refractivity contribution in [2.45, 2.75) is 19.4 Å². The van der Waals surface area contributed by atoms with Crippen molar-refractivity contribution >= 4 is 11.8 Å². The van der Waals surface area contributed by atoms with Crippen molar-refractivity contribution in [1.82, 2.24) is 15.1 Å². The third-order valence-electron chi connectivity index (χ3n) is 6.28. The van der Waals surface area contributed by atoms with Crippen LogP contribution in [-0.4, -0.2) is 54.3 Å². The van der Waals surface area contributed by atoms with E-state index in [1.807, 2.05) is 11.0 Å². The molecule has 0 radical (unpaired) electrons. The van der Waals surface area contributed by atoms with E-state index in [1.54, 1.807) is 18.2 Å². The standard InChI is InChI=1S/C24H27F2N3O2/c1-16(30)27-23(17-4-2-6-21(25)10-17)8-9-28-12-19-14-29(15-20(19)13-28)24(31)18-5-3-7-22(26)11-18/h2-7,10-11,19-20,23H,8-9,12-15H2,1H3,(H,27,30)/t19-,20+,23-/m0/s1. The molecule has 31 heavy (non-hydrogen) atoms. The summed E-state index contributed by atoms with van der Waals surface area (Å²) in [5, 5.41) is 2.93. The topological polar surface area (TPSA) is 52.7 Å². The summed E-state index contributed by atoms with van der Waals surface area (Å²) in [4.78, 5) is 28.5. The Hall–Kier alpha value is -2.80. The first-order chi connectivity index (χ1) is 14.9. The molecule has 2 heterocycles. The molecule has 5 nitrogen and oxygen atoms in total. The predicted octanol–water partition coefficient (Wildman–Crippen LogP) is 3.24. The van der Waals surface area contributed by atoms with Crippen LogP contribution in [0.25, 0.3) is 0 Å². The molecule has 0 unspecified atom stereocenters. The largest absolute Gasteiger partial charge is 0.349 e. The van der Waals surface area contributed by atoms with Gasteiger partial charge in [0.1, 0.15) is 11.6 Å². The maximum Gasteiger partial charge on any atom is 0.253 e. The summed E-state index contributed by atoms with van der Waals surface area (Å²) in [6.07, 6.45) is 0.689. The zero-order valence-corrected chi connectivity index (χ0v) is 17.6. The van der Waals surface area contributed by atoms with E-state index in [2.05, 4.69) is 10.2 Å². The first kappa shape index (κ1) is 21.4. The number of rotatable bonds is 6. The van der Waals surface area contributed by atoms with Gasteiger partial charge in [-0.15, -0.1) is 0 Å². The fourth-order valence-corrected chi connectivity index (χ4v) is 4.85. The summed E-state index contributed by atoms with van der Waals surface area (Å²) in [6, 6.07) is 12.0. The van der Waals surface area contributed by atoms with E-state index < -0.39 is 5.82 Å². The van der Waals surface area contributed by atoms with E-state index >= 15 is 0 Å². The Labute approximate surface area is 181 Å². The number of nitrogens with zero attached hydrogens (tertiary/aromatic N) is 2. The number of fused-ring (bicyclic) bond motifs is 1. The number of halogens is 2. The highest BCUT2D eigenvalue weighted by molar-refractivity contribution is 5.94. The first-order valence-corrected chi connectivity index (χ1v) is 10.7. The molecule has 0 aromatic heterocycles. The van der Waals surface area contributed by atoms with Gasteiger partial charge in [0.15, 0.2) is 0 Å². The van der Waals surface area contributed by atoms with Gasteiger partial charge in [0.2, 0.25) is 5.91 Å². The second kappa shape index (κ2) is 9.14. The Morgan fingerprint density at radius 1 is 1.00 bits per heavy atom. The quantitative estimate of drug-likeness (QED) is 0.770. The summed E-state index contributed by atoms with van der Waals surface area (Å²) >= 11 is 0. The van der Waals surface area contributed by atoms with Gasteiger partial charge in [0.25, 0.3) is 5.91 Å². The van der Waals surface area contributed by atoms with E-state index in [-0.39, 0.29) is 23.7 Å². The van der Waals surface area contributed by atoms with Gasteiger partial charge in [-0.2, -0.15) is 0 Å². The van der Waals surface area contributed by atoms with E-state index in [0.29, 0.717) is 36.9 Å². The van der Waals surface area contributed by atoms with E-state index in [0.717, 1.165) is 25.2 Å². The highest BCUT2D eigenvalue weighted by atomic mass is 19.1. The molecule has 2 aromatic rings. The van der Waals surface area contributed by atoms with Gasteiger partial charge in [-0.1, -0.05) is 18.2 Å². The minimum atomic E-state index is -0.400. The molecule has 2 saturated heterocycles. The van der Waals surface area contributed by atoms with Crippen LogP contribution < -0.4 is 5.32 Å². The number of hydrogen-bond donors (Lipinski definition) is 1.